The number of nitrogens with two attached hydrogens (primary N) is 1. The average molecular weight is 478 g/mol. The number of hydrogen-bond acceptors (Lipinski definition) is 8. The highest BCUT2D eigenvalue weighted by Gasteiger charge is 2.44. The molecule has 12 heteroatoms. The number of hydrogen-bond donors (Lipinski definition) is 5. The van der Waals surface area contributed by atoms with Gasteiger partial charge in [0.2, 0.25) is 0 Å². The second kappa shape index (κ2) is 10.1. The molecule has 7 nitrogen and oxygen atoms in total. The topological polar surface area (TPSA) is 121 Å². The van der Waals surface area contributed by atoms with Crippen LogP contribution in [0.4, 0.5) is 13.2 Å². The monoisotopic (exact) mass is 477 g/mol. The van der Waals surface area contributed by atoms with Crippen molar-refractivity contribution in [2.24, 2.45) is 5.73 Å². The Bertz CT molecular complexity index is 948. The van der Waals surface area contributed by atoms with Crippen LogP contribution in [0.5, 0.6) is 0 Å². The van der Waals surface area contributed by atoms with Crippen LogP contribution in [0, 0.1) is 17.5 Å². The smallest absolute Gasteiger partial charge is 0.194 e. The van der Waals surface area contributed by atoms with E-state index in [4.69, 9.17) is 22.1 Å². The predicted molar refractivity (Wildman–Crippen MR) is 108 cm³/mol. The summed E-state index contributed by atoms with van der Waals surface area (Å²) in [6.07, 6.45) is -1.08. The van der Waals surface area contributed by atoms with E-state index in [2.05, 4.69) is 10.3 Å². The largest absolute Gasteiger partial charge is 0.397 e. The molecular weight excluding hydrogens is 459 g/mol. The number of aliphatic hydroxyl groups excluding tert-OH is 3. The molecule has 0 aliphatic carbocycles. The van der Waals surface area contributed by atoms with Crippen LogP contribution in [-0.4, -0.2) is 56.7 Å². The van der Waals surface area contributed by atoms with Gasteiger partial charge < -0.3 is 31.1 Å². The van der Waals surface area contributed by atoms with E-state index in [1.807, 2.05) is 0 Å². The average Bonchev–Trinajstić information content (AvgIpc) is 2.73. The van der Waals surface area contributed by atoms with Crippen LogP contribution < -0.4 is 11.1 Å². The Hall–Kier alpha value is -2.02. The van der Waals surface area contributed by atoms with E-state index in [-0.39, 0.29) is 16.4 Å². The van der Waals surface area contributed by atoms with Gasteiger partial charge in [0.05, 0.1) is 18.3 Å². The van der Waals surface area contributed by atoms with Gasteiger partial charge in [-0.1, -0.05) is 23.4 Å². The van der Waals surface area contributed by atoms with Gasteiger partial charge in [0.1, 0.15) is 28.9 Å². The normalized spacial score (nSPS) is 26.7. The van der Waals surface area contributed by atoms with Crippen molar-refractivity contribution in [2.45, 2.75) is 34.7 Å². The Morgan fingerprint density at radius 2 is 1.90 bits per heavy atom. The molecule has 0 saturated carbocycles. The fourth-order valence-corrected chi connectivity index (χ4v) is 4.30. The van der Waals surface area contributed by atoms with Gasteiger partial charge in [-0.2, -0.15) is 0 Å². The van der Waals surface area contributed by atoms with Gasteiger partial charge in [0, 0.05) is 22.9 Å². The number of nitrogens with zero attached hydrogens (tertiary/aromatic N) is 1. The summed E-state index contributed by atoms with van der Waals surface area (Å²) in [7, 11) is 0. The molecule has 0 radical (unpaired) electrons. The van der Waals surface area contributed by atoms with Gasteiger partial charge in [-0.3, -0.25) is 0 Å². The zero-order valence-corrected chi connectivity index (χ0v) is 17.3. The van der Waals surface area contributed by atoms with Gasteiger partial charge in [-0.25, -0.2) is 18.2 Å². The fourth-order valence-electron chi connectivity index (χ4n) is 2.97. The molecule has 1 aliphatic rings. The van der Waals surface area contributed by atoms with Crippen LogP contribution in [-0.2, 0) is 4.74 Å². The molecule has 2 heterocycles. The van der Waals surface area contributed by atoms with Gasteiger partial charge in [0.15, 0.2) is 17.5 Å². The van der Waals surface area contributed by atoms with Crippen LogP contribution >= 0.6 is 23.4 Å². The Balaban J connectivity index is 1.80. The third-order valence-corrected chi connectivity index (χ3v) is 5.94. The number of nitrogens with one attached hydrogen (secondary N) is 1. The zero-order chi connectivity index (χ0) is 22.7. The lowest BCUT2D eigenvalue weighted by molar-refractivity contribution is -0.164. The highest BCUT2D eigenvalue weighted by molar-refractivity contribution is 7.99. The van der Waals surface area contributed by atoms with E-state index in [9.17, 15) is 28.5 Å². The predicted octanol–water partition coefficient (Wildman–Crippen LogP) is 1.60. The lowest BCUT2D eigenvalue weighted by Gasteiger charge is -2.42. The second-order valence-corrected chi connectivity index (χ2v) is 8.24. The van der Waals surface area contributed by atoms with Crippen molar-refractivity contribution < 1.29 is 33.2 Å². The van der Waals surface area contributed by atoms with Crippen molar-refractivity contribution in [3.05, 3.63) is 64.8 Å². The highest BCUT2D eigenvalue weighted by Crippen LogP contribution is 2.34. The van der Waals surface area contributed by atoms with Crippen LogP contribution in [0.25, 0.3) is 5.70 Å². The first-order valence-electron chi connectivity index (χ1n) is 8.98. The third-order valence-electron chi connectivity index (χ3n) is 4.58. The van der Waals surface area contributed by atoms with E-state index in [1.165, 1.54) is 6.20 Å². The molecule has 6 N–H and O–H groups in total. The number of aliphatic hydroxyl groups is 3. The van der Waals surface area contributed by atoms with Crippen molar-refractivity contribution >= 4 is 29.1 Å². The lowest BCUT2D eigenvalue weighted by Crippen LogP contribution is -2.62. The molecule has 1 aliphatic heterocycles. The molecule has 31 heavy (non-hydrogen) atoms. The van der Waals surface area contributed by atoms with Crippen molar-refractivity contribution in [2.75, 3.05) is 6.61 Å². The minimum Gasteiger partial charge on any atom is -0.397 e. The zero-order valence-electron chi connectivity index (χ0n) is 15.8. The summed E-state index contributed by atoms with van der Waals surface area (Å²) >= 11 is 6.96. The summed E-state index contributed by atoms with van der Waals surface area (Å²) in [4.78, 5) is 4.49. The number of benzene rings is 1. The number of ether oxygens (including phenoxy) is 1. The maximum atomic E-state index is 13.4. The molecule has 1 aromatic carbocycles. The molecule has 168 valence electrons. The molecule has 1 aromatic heterocycles. The van der Waals surface area contributed by atoms with Gasteiger partial charge in [-0.05, 0) is 24.3 Å². The fraction of sp³-hybridized carbons (Fsp3) is 0.316. The standard InChI is InChI=1S/C19H19ClF3N3O4S/c20-14-5-9(1-2-25-14)31-19-18(29)16(17(28)13(7-27)30-19)26-6-12(24)8-3-10(21)15(23)11(22)4-8/h1-6,13,16-19,26-29H,7,24H2/b12-6-. The quantitative estimate of drug-likeness (QED) is 0.314. The summed E-state index contributed by atoms with van der Waals surface area (Å²) in [6.45, 7) is -0.534. The number of rotatable bonds is 6. The van der Waals surface area contributed by atoms with E-state index < -0.39 is 53.8 Å². The molecule has 3 rings (SSSR count). The van der Waals surface area contributed by atoms with Crippen LogP contribution in [0.3, 0.4) is 0 Å². The van der Waals surface area contributed by atoms with Crippen LogP contribution in [0.1, 0.15) is 5.56 Å². The minimum atomic E-state index is -1.62. The number of aromatic nitrogens is 1. The molecule has 5 unspecified atom stereocenters. The number of thioether (sulfide) groups is 1. The molecule has 1 fully saturated rings. The third kappa shape index (κ3) is 5.43. The van der Waals surface area contributed by atoms with Crippen molar-refractivity contribution in [3.63, 3.8) is 0 Å². The Morgan fingerprint density at radius 3 is 2.52 bits per heavy atom. The molecule has 0 bridgehead atoms. The summed E-state index contributed by atoms with van der Waals surface area (Å²) in [6, 6.07) is 3.56. The molecule has 2 aromatic rings. The molecule has 0 amide bonds. The van der Waals surface area contributed by atoms with E-state index >= 15 is 0 Å². The van der Waals surface area contributed by atoms with Gasteiger partial charge in [-0.15, -0.1) is 0 Å². The Labute approximate surface area is 184 Å². The van der Waals surface area contributed by atoms with Gasteiger partial charge >= 0.3 is 0 Å². The highest BCUT2D eigenvalue weighted by atomic mass is 35.5. The Morgan fingerprint density at radius 1 is 1.23 bits per heavy atom. The summed E-state index contributed by atoms with van der Waals surface area (Å²) in [5.74, 6) is -4.45. The summed E-state index contributed by atoms with van der Waals surface area (Å²) in [5.41, 5.74) is 4.58. The van der Waals surface area contributed by atoms with E-state index in [0.717, 1.165) is 18.0 Å². The maximum absolute atomic E-state index is 13.4. The van der Waals surface area contributed by atoms with Crippen LogP contribution in [0.15, 0.2) is 41.6 Å². The van der Waals surface area contributed by atoms with E-state index in [0.29, 0.717) is 17.0 Å². The summed E-state index contributed by atoms with van der Waals surface area (Å²) in [5, 5.41) is 33.6. The van der Waals surface area contributed by atoms with Crippen molar-refractivity contribution in [3.8, 4) is 0 Å². The summed E-state index contributed by atoms with van der Waals surface area (Å²) < 4.78 is 45.6. The van der Waals surface area contributed by atoms with Gasteiger partial charge in [0.25, 0.3) is 0 Å². The van der Waals surface area contributed by atoms with Crippen LogP contribution in [0.2, 0.25) is 5.15 Å². The first-order chi connectivity index (χ1) is 14.7. The number of halogens is 4. The number of pyridine rings is 1. The first kappa shape index (κ1) is 23.6. The van der Waals surface area contributed by atoms with E-state index in [1.54, 1.807) is 12.1 Å². The maximum Gasteiger partial charge on any atom is 0.194 e. The SMILES string of the molecule is N/C(=C\NC1C(O)C(CO)OC(Sc2ccnc(Cl)c2)C1O)c1cc(F)c(F)c(F)c1. The van der Waals surface area contributed by atoms with Crippen molar-refractivity contribution in [1.82, 2.24) is 10.3 Å². The lowest BCUT2D eigenvalue weighted by atomic mass is 9.97. The first-order valence-corrected chi connectivity index (χ1v) is 10.2. The molecular formula is C19H19ClF3N3O4S. The molecule has 1 saturated heterocycles. The molecule has 0 spiro atoms. The minimum absolute atomic E-state index is 0.143. The second-order valence-electron chi connectivity index (χ2n) is 6.68. The van der Waals surface area contributed by atoms with Crippen molar-refractivity contribution in [1.29, 1.82) is 0 Å². The Kier molecular flexibility index (Phi) is 7.68. The molecule has 5 atom stereocenters.